The monoisotopic (exact) mass is 165 g/mol. The van der Waals surface area contributed by atoms with Crippen LogP contribution in [0.5, 0.6) is 0 Å². The van der Waals surface area contributed by atoms with Gasteiger partial charge in [0.15, 0.2) is 6.29 Å². The van der Waals surface area contributed by atoms with E-state index < -0.39 is 0 Å². The van der Waals surface area contributed by atoms with Crippen molar-refractivity contribution in [1.29, 1.82) is 0 Å². The molecule has 0 aliphatic heterocycles. The van der Waals surface area contributed by atoms with E-state index in [-0.39, 0.29) is 0 Å². The topological polar surface area (TPSA) is 22.0 Å². The van der Waals surface area contributed by atoms with Crippen LogP contribution in [0.1, 0.15) is 41.5 Å². The summed E-state index contributed by atoms with van der Waals surface area (Å²) in [5.41, 5.74) is 3.09. The average molecular weight is 165 g/mol. The second-order valence-electron chi connectivity index (χ2n) is 3.46. The van der Waals surface area contributed by atoms with Crippen molar-refractivity contribution >= 4 is 6.29 Å². The van der Waals surface area contributed by atoms with Crippen molar-refractivity contribution in [2.45, 2.75) is 26.7 Å². The molecule has 1 heterocycles. The van der Waals surface area contributed by atoms with Crippen LogP contribution in [-0.4, -0.2) is 10.9 Å². The maximum Gasteiger partial charge on any atom is 0.166 e. The predicted octanol–water partition coefficient (Wildman–Crippen LogP) is 2.27. The Labute approximate surface area is 73.2 Å². The summed E-state index contributed by atoms with van der Waals surface area (Å²) in [6.45, 7) is 6.21. The molecule has 1 aromatic heterocycles. The third-order valence-corrected chi connectivity index (χ3v) is 2.28. The Kier molecular flexibility index (Phi) is 2.36. The lowest BCUT2D eigenvalue weighted by atomic mass is 10.0. The van der Waals surface area contributed by atoms with Crippen LogP contribution in [0, 0.1) is 6.92 Å². The number of hydrogen-bond donors (Lipinski definition) is 0. The van der Waals surface area contributed by atoms with Crippen molar-refractivity contribution in [2.24, 2.45) is 7.05 Å². The molecular formula is C10H15NO. The fraction of sp³-hybridized carbons (Fsp3) is 0.500. The third kappa shape index (κ3) is 1.29. The highest BCUT2D eigenvalue weighted by Gasteiger charge is 2.11. The highest BCUT2D eigenvalue weighted by atomic mass is 16.1. The number of aryl methyl sites for hydroxylation is 1. The number of carbonyl (C=O) groups is 1. The van der Waals surface area contributed by atoms with E-state index in [1.54, 1.807) is 0 Å². The van der Waals surface area contributed by atoms with E-state index in [9.17, 15) is 4.79 Å². The Morgan fingerprint density at radius 1 is 1.50 bits per heavy atom. The lowest BCUT2D eigenvalue weighted by Crippen LogP contribution is -1.99. The number of carbonyl (C=O) groups excluding carboxylic acids is 1. The van der Waals surface area contributed by atoms with E-state index in [4.69, 9.17) is 0 Å². The molecule has 0 bridgehead atoms. The van der Waals surface area contributed by atoms with Crippen molar-refractivity contribution in [3.8, 4) is 0 Å². The van der Waals surface area contributed by atoms with Crippen LogP contribution >= 0.6 is 0 Å². The largest absolute Gasteiger partial charge is 0.346 e. The second-order valence-corrected chi connectivity index (χ2v) is 3.46. The molecule has 0 unspecified atom stereocenters. The van der Waals surface area contributed by atoms with Gasteiger partial charge in [-0.3, -0.25) is 4.79 Å². The van der Waals surface area contributed by atoms with E-state index in [2.05, 4.69) is 19.9 Å². The lowest BCUT2D eigenvalue weighted by Gasteiger charge is -2.03. The zero-order valence-corrected chi connectivity index (χ0v) is 8.09. The number of aromatic nitrogens is 1. The van der Waals surface area contributed by atoms with Crippen molar-refractivity contribution in [2.75, 3.05) is 0 Å². The van der Waals surface area contributed by atoms with E-state index in [0.29, 0.717) is 5.92 Å². The van der Waals surface area contributed by atoms with Gasteiger partial charge >= 0.3 is 0 Å². The normalized spacial score (nSPS) is 10.8. The van der Waals surface area contributed by atoms with E-state index in [1.807, 2.05) is 18.5 Å². The Balaban J connectivity index is 3.29. The molecule has 0 aliphatic rings. The predicted molar refractivity (Wildman–Crippen MR) is 49.6 cm³/mol. The molecule has 0 saturated carbocycles. The van der Waals surface area contributed by atoms with Crippen LogP contribution in [-0.2, 0) is 7.05 Å². The van der Waals surface area contributed by atoms with Gasteiger partial charge in [-0.05, 0) is 24.5 Å². The van der Waals surface area contributed by atoms with Crippen LogP contribution in [0.15, 0.2) is 6.07 Å². The molecule has 66 valence electrons. The third-order valence-electron chi connectivity index (χ3n) is 2.28. The lowest BCUT2D eigenvalue weighted by molar-refractivity contribution is 0.111. The molecule has 2 nitrogen and oxygen atoms in total. The maximum absolute atomic E-state index is 10.7. The summed E-state index contributed by atoms with van der Waals surface area (Å²) < 4.78 is 1.93. The molecule has 0 aromatic carbocycles. The van der Waals surface area contributed by atoms with Gasteiger partial charge in [0.05, 0.1) is 5.69 Å². The zero-order valence-electron chi connectivity index (χ0n) is 8.09. The van der Waals surface area contributed by atoms with Crippen molar-refractivity contribution in [1.82, 2.24) is 4.57 Å². The van der Waals surface area contributed by atoms with E-state index in [0.717, 1.165) is 23.2 Å². The number of rotatable bonds is 2. The Morgan fingerprint density at radius 2 is 2.08 bits per heavy atom. The molecule has 0 radical (unpaired) electrons. The van der Waals surface area contributed by atoms with Crippen molar-refractivity contribution in [3.63, 3.8) is 0 Å². The first-order chi connectivity index (χ1) is 5.57. The first-order valence-corrected chi connectivity index (χ1v) is 4.19. The van der Waals surface area contributed by atoms with Gasteiger partial charge in [-0.2, -0.15) is 0 Å². The molecular weight excluding hydrogens is 150 g/mol. The molecule has 0 aliphatic carbocycles. The number of nitrogens with zero attached hydrogens (tertiary/aromatic N) is 1. The van der Waals surface area contributed by atoms with Gasteiger partial charge in [0.2, 0.25) is 0 Å². The molecule has 0 spiro atoms. The van der Waals surface area contributed by atoms with Crippen LogP contribution < -0.4 is 0 Å². The van der Waals surface area contributed by atoms with E-state index >= 15 is 0 Å². The highest BCUT2D eigenvalue weighted by molar-refractivity contribution is 5.75. The van der Waals surface area contributed by atoms with Gasteiger partial charge in [-0.25, -0.2) is 0 Å². The molecule has 1 aromatic rings. The van der Waals surface area contributed by atoms with Crippen molar-refractivity contribution in [3.05, 3.63) is 23.0 Å². The summed E-state index contributed by atoms with van der Waals surface area (Å²) in [7, 11) is 1.92. The summed E-state index contributed by atoms with van der Waals surface area (Å²) >= 11 is 0. The fourth-order valence-electron chi connectivity index (χ4n) is 1.39. The SMILES string of the molecule is Cc1cc(C(C)C)c(C=O)n1C. The van der Waals surface area contributed by atoms with Crippen LogP contribution in [0.25, 0.3) is 0 Å². The quantitative estimate of drug-likeness (QED) is 0.616. The minimum Gasteiger partial charge on any atom is -0.346 e. The molecule has 0 atom stereocenters. The van der Waals surface area contributed by atoms with Gasteiger partial charge in [-0.1, -0.05) is 13.8 Å². The molecule has 2 heteroatoms. The summed E-state index contributed by atoms with van der Waals surface area (Å²) in [6, 6.07) is 2.08. The first-order valence-electron chi connectivity index (χ1n) is 4.19. The molecule has 0 fully saturated rings. The second kappa shape index (κ2) is 3.13. The Bertz CT molecular complexity index is 297. The fourth-order valence-corrected chi connectivity index (χ4v) is 1.39. The van der Waals surface area contributed by atoms with Crippen LogP contribution in [0.3, 0.4) is 0 Å². The van der Waals surface area contributed by atoms with Crippen LogP contribution in [0.2, 0.25) is 0 Å². The van der Waals surface area contributed by atoms with Crippen LogP contribution in [0.4, 0.5) is 0 Å². The summed E-state index contributed by atoms with van der Waals surface area (Å²) in [5.74, 6) is 0.421. The van der Waals surface area contributed by atoms with Gasteiger partial charge in [0, 0.05) is 12.7 Å². The van der Waals surface area contributed by atoms with E-state index in [1.165, 1.54) is 0 Å². The average Bonchev–Trinajstić information content (AvgIpc) is 2.29. The molecule has 0 N–H and O–H groups in total. The zero-order chi connectivity index (χ0) is 9.30. The molecule has 12 heavy (non-hydrogen) atoms. The minimum atomic E-state index is 0.421. The summed E-state index contributed by atoms with van der Waals surface area (Å²) in [4.78, 5) is 10.7. The first kappa shape index (κ1) is 9.04. The molecule has 0 amide bonds. The Hall–Kier alpha value is -1.05. The minimum absolute atomic E-state index is 0.421. The number of aldehydes is 1. The Morgan fingerprint density at radius 3 is 2.42 bits per heavy atom. The highest BCUT2D eigenvalue weighted by Crippen LogP contribution is 2.21. The maximum atomic E-state index is 10.7. The van der Waals surface area contributed by atoms with Gasteiger partial charge in [-0.15, -0.1) is 0 Å². The summed E-state index contributed by atoms with van der Waals surface area (Å²) in [6.07, 6.45) is 0.933. The smallest absolute Gasteiger partial charge is 0.166 e. The molecule has 0 saturated heterocycles. The number of hydrogen-bond acceptors (Lipinski definition) is 1. The summed E-state index contributed by atoms with van der Waals surface area (Å²) in [5, 5.41) is 0. The van der Waals surface area contributed by atoms with Crippen molar-refractivity contribution < 1.29 is 4.79 Å². The van der Waals surface area contributed by atoms with Gasteiger partial charge < -0.3 is 4.57 Å². The van der Waals surface area contributed by atoms with Gasteiger partial charge in [0.25, 0.3) is 0 Å². The van der Waals surface area contributed by atoms with Gasteiger partial charge in [0.1, 0.15) is 0 Å². The molecule has 1 rings (SSSR count). The standard InChI is InChI=1S/C10H15NO/c1-7(2)9-5-8(3)11(4)10(9)6-12/h5-7H,1-4H3.